The van der Waals surface area contributed by atoms with Crippen molar-refractivity contribution >= 4 is 29.9 Å². The molecule has 0 aliphatic carbocycles. The van der Waals surface area contributed by atoms with Crippen molar-refractivity contribution in [3.63, 3.8) is 0 Å². The first kappa shape index (κ1) is 23.9. The largest absolute Gasteiger partial charge is 0.385 e. The van der Waals surface area contributed by atoms with Crippen LogP contribution in [-0.2, 0) is 4.74 Å². The molecule has 1 fully saturated rings. The molecule has 6 heteroatoms. The summed E-state index contributed by atoms with van der Waals surface area (Å²) in [4.78, 5) is 7.32. The minimum atomic E-state index is 0. The van der Waals surface area contributed by atoms with E-state index in [0.717, 1.165) is 51.1 Å². The van der Waals surface area contributed by atoms with E-state index in [2.05, 4.69) is 29.4 Å². The van der Waals surface area contributed by atoms with E-state index in [9.17, 15) is 0 Å². The van der Waals surface area contributed by atoms with Crippen LogP contribution in [0.25, 0.3) is 0 Å². The lowest BCUT2D eigenvalue weighted by atomic mass is 10.0. The maximum absolute atomic E-state index is 5.07. The molecule has 0 aromatic heterocycles. The first-order valence-electron chi connectivity index (χ1n) is 9.53. The molecule has 1 atom stereocenters. The molecule has 2 N–H and O–H groups in total. The van der Waals surface area contributed by atoms with Crippen LogP contribution in [0.1, 0.15) is 58.8 Å². The third-order valence-electron chi connectivity index (χ3n) is 4.48. The van der Waals surface area contributed by atoms with Gasteiger partial charge in [0.15, 0.2) is 5.96 Å². The predicted octanol–water partition coefficient (Wildman–Crippen LogP) is 3.24. The van der Waals surface area contributed by atoms with Crippen molar-refractivity contribution in [2.24, 2.45) is 4.99 Å². The molecule has 1 aliphatic rings. The molecule has 5 nitrogen and oxygen atoms in total. The number of halogens is 1. The van der Waals surface area contributed by atoms with E-state index in [-0.39, 0.29) is 24.0 Å². The Morgan fingerprint density at radius 2 is 2.00 bits per heavy atom. The van der Waals surface area contributed by atoms with Crippen LogP contribution in [0.5, 0.6) is 0 Å². The average molecular weight is 454 g/mol. The zero-order valence-corrected chi connectivity index (χ0v) is 18.3. The smallest absolute Gasteiger partial charge is 0.191 e. The number of rotatable bonds is 11. The minimum absolute atomic E-state index is 0. The van der Waals surface area contributed by atoms with Crippen molar-refractivity contribution in [3.8, 4) is 0 Å². The maximum atomic E-state index is 5.07. The van der Waals surface area contributed by atoms with Gasteiger partial charge in [-0.3, -0.25) is 4.99 Å². The molecule has 0 spiro atoms. The van der Waals surface area contributed by atoms with Gasteiger partial charge in [-0.15, -0.1) is 24.0 Å². The van der Waals surface area contributed by atoms with Gasteiger partial charge >= 0.3 is 0 Å². The topological polar surface area (TPSA) is 48.9 Å². The van der Waals surface area contributed by atoms with Crippen LogP contribution in [0.4, 0.5) is 0 Å². The summed E-state index contributed by atoms with van der Waals surface area (Å²) in [6, 6.07) is 0.756. The SMILES string of the molecule is CCNC(=NCCCN1CCCCC1C)NCCCCCOC.I. The normalized spacial score (nSPS) is 19.0. The van der Waals surface area contributed by atoms with Crippen LogP contribution in [0, 0.1) is 0 Å². The number of nitrogens with zero attached hydrogens (tertiary/aromatic N) is 2. The van der Waals surface area contributed by atoms with Gasteiger partial charge in [-0.2, -0.15) is 0 Å². The number of guanidine groups is 1. The number of ether oxygens (including phenoxy) is 1. The third kappa shape index (κ3) is 11.5. The van der Waals surface area contributed by atoms with E-state index in [1.54, 1.807) is 7.11 Å². The number of nitrogens with one attached hydrogen (secondary N) is 2. The van der Waals surface area contributed by atoms with E-state index in [1.165, 1.54) is 45.2 Å². The van der Waals surface area contributed by atoms with Crippen LogP contribution >= 0.6 is 24.0 Å². The summed E-state index contributed by atoms with van der Waals surface area (Å²) < 4.78 is 5.07. The molecule has 1 unspecified atom stereocenters. The summed E-state index contributed by atoms with van der Waals surface area (Å²) in [5.41, 5.74) is 0. The van der Waals surface area contributed by atoms with Crippen LogP contribution in [0.15, 0.2) is 4.99 Å². The summed E-state index contributed by atoms with van der Waals surface area (Å²) in [5.74, 6) is 0.964. The number of hydrogen-bond donors (Lipinski definition) is 2. The zero-order valence-electron chi connectivity index (χ0n) is 16.0. The summed E-state index contributed by atoms with van der Waals surface area (Å²) in [5, 5.41) is 6.76. The van der Waals surface area contributed by atoms with Gasteiger partial charge in [0.25, 0.3) is 0 Å². The first-order valence-corrected chi connectivity index (χ1v) is 9.53. The Kier molecular flexibility index (Phi) is 16.3. The van der Waals surface area contributed by atoms with E-state index >= 15 is 0 Å². The van der Waals surface area contributed by atoms with Gasteiger partial charge in [0.05, 0.1) is 0 Å². The summed E-state index contributed by atoms with van der Waals surface area (Å²) in [7, 11) is 1.76. The number of unbranched alkanes of at least 4 members (excludes halogenated alkanes) is 2. The van der Waals surface area contributed by atoms with Gasteiger partial charge in [-0.25, -0.2) is 0 Å². The molecule has 0 aromatic rings. The Morgan fingerprint density at radius 1 is 1.17 bits per heavy atom. The molecule has 0 amide bonds. The quantitative estimate of drug-likeness (QED) is 0.218. The van der Waals surface area contributed by atoms with Crippen molar-refractivity contribution in [3.05, 3.63) is 0 Å². The Bertz CT molecular complexity index is 315. The molecule has 1 aliphatic heterocycles. The fourth-order valence-electron chi connectivity index (χ4n) is 3.05. The van der Waals surface area contributed by atoms with Crippen LogP contribution in [0.3, 0.4) is 0 Å². The highest BCUT2D eigenvalue weighted by Crippen LogP contribution is 2.16. The number of aliphatic imine (C=N–C) groups is 1. The highest BCUT2D eigenvalue weighted by molar-refractivity contribution is 14.0. The van der Waals surface area contributed by atoms with Crippen LogP contribution < -0.4 is 10.6 Å². The van der Waals surface area contributed by atoms with Crippen molar-refractivity contribution in [1.82, 2.24) is 15.5 Å². The average Bonchev–Trinajstić information content (AvgIpc) is 2.56. The number of methoxy groups -OCH3 is 1. The molecule has 0 bridgehead atoms. The van der Waals surface area contributed by atoms with E-state index in [4.69, 9.17) is 9.73 Å². The van der Waals surface area contributed by atoms with Gasteiger partial charge in [-0.05, 0) is 58.9 Å². The van der Waals surface area contributed by atoms with Crippen molar-refractivity contribution < 1.29 is 4.74 Å². The molecule has 24 heavy (non-hydrogen) atoms. The molecular formula is C18H39IN4O. The third-order valence-corrected chi connectivity index (χ3v) is 4.48. The molecule has 1 rings (SSSR count). The summed E-state index contributed by atoms with van der Waals surface area (Å²) in [6.45, 7) is 10.6. The highest BCUT2D eigenvalue weighted by atomic mass is 127. The Labute approximate surface area is 166 Å². The lowest BCUT2D eigenvalue weighted by Crippen LogP contribution is -2.39. The van der Waals surface area contributed by atoms with Gasteiger partial charge in [0, 0.05) is 45.9 Å². The maximum Gasteiger partial charge on any atom is 0.191 e. The van der Waals surface area contributed by atoms with Crippen molar-refractivity contribution in [2.45, 2.75) is 64.8 Å². The molecule has 0 saturated carbocycles. The second-order valence-corrected chi connectivity index (χ2v) is 6.48. The first-order chi connectivity index (χ1) is 11.3. The number of piperidine rings is 1. The fourth-order valence-corrected chi connectivity index (χ4v) is 3.05. The van der Waals surface area contributed by atoms with Gasteiger partial charge in [0.2, 0.25) is 0 Å². The van der Waals surface area contributed by atoms with Crippen molar-refractivity contribution in [1.29, 1.82) is 0 Å². The summed E-state index contributed by atoms with van der Waals surface area (Å²) >= 11 is 0. The van der Waals surface area contributed by atoms with E-state index in [1.807, 2.05) is 0 Å². The zero-order chi connectivity index (χ0) is 16.8. The van der Waals surface area contributed by atoms with Gasteiger partial charge in [0.1, 0.15) is 0 Å². The molecular weight excluding hydrogens is 415 g/mol. The van der Waals surface area contributed by atoms with Gasteiger partial charge in [-0.1, -0.05) is 6.42 Å². The lowest BCUT2D eigenvalue weighted by molar-refractivity contribution is 0.160. The molecule has 0 aromatic carbocycles. The summed E-state index contributed by atoms with van der Waals surface area (Å²) in [6.07, 6.45) is 8.77. The monoisotopic (exact) mass is 454 g/mol. The predicted molar refractivity (Wildman–Crippen MR) is 115 cm³/mol. The fraction of sp³-hybridized carbons (Fsp3) is 0.944. The van der Waals surface area contributed by atoms with Crippen molar-refractivity contribution in [2.75, 3.05) is 46.4 Å². The number of hydrogen-bond acceptors (Lipinski definition) is 3. The Hall–Kier alpha value is -0.0800. The highest BCUT2D eigenvalue weighted by Gasteiger charge is 2.16. The van der Waals surface area contributed by atoms with E-state index < -0.39 is 0 Å². The second-order valence-electron chi connectivity index (χ2n) is 6.48. The standard InChI is InChI=1S/C18H38N4O.HI/c1-4-19-18(20-12-7-5-9-16-23-3)21-13-10-15-22-14-8-6-11-17(22)2;/h17H,4-16H2,1-3H3,(H2,19,20,21);1H. The number of likely N-dealkylation sites (tertiary alicyclic amines) is 1. The Balaban J connectivity index is 0.00000529. The molecule has 1 heterocycles. The molecule has 144 valence electrons. The van der Waals surface area contributed by atoms with E-state index in [0.29, 0.717) is 0 Å². The lowest BCUT2D eigenvalue weighted by Gasteiger charge is -2.33. The Morgan fingerprint density at radius 3 is 2.71 bits per heavy atom. The molecule has 1 saturated heterocycles. The second kappa shape index (κ2) is 16.4. The van der Waals surface area contributed by atoms with Gasteiger partial charge < -0.3 is 20.3 Å². The van der Waals surface area contributed by atoms with Crippen LogP contribution in [-0.4, -0.2) is 63.3 Å². The van der Waals surface area contributed by atoms with Crippen LogP contribution in [0.2, 0.25) is 0 Å². The minimum Gasteiger partial charge on any atom is -0.385 e. The molecule has 0 radical (unpaired) electrons.